The second-order valence-electron chi connectivity index (χ2n) is 7.23. The molecule has 2 aromatic heterocycles. The normalized spacial score (nSPS) is 15.3. The fraction of sp³-hybridized carbons (Fsp3) is 0.217. The summed E-state index contributed by atoms with van der Waals surface area (Å²) in [6.07, 6.45) is 1.23. The number of rotatable bonds is 5. The average molecular weight is 416 g/mol. The molecule has 5 rings (SSSR count). The number of nitrogens with zero attached hydrogens (tertiary/aromatic N) is 4. The molecule has 0 aliphatic carbocycles. The Hall–Kier alpha value is -3.94. The van der Waals surface area contributed by atoms with Crippen LogP contribution in [0.25, 0.3) is 23.0 Å². The van der Waals surface area contributed by atoms with Crippen molar-refractivity contribution in [3.8, 4) is 28.7 Å². The summed E-state index contributed by atoms with van der Waals surface area (Å²) in [6, 6.07) is 18.2. The molecule has 0 fully saturated rings. The van der Waals surface area contributed by atoms with Crippen LogP contribution in [0, 0.1) is 0 Å². The van der Waals surface area contributed by atoms with Gasteiger partial charge in [0.1, 0.15) is 11.9 Å². The van der Waals surface area contributed by atoms with E-state index in [0.29, 0.717) is 23.0 Å². The number of esters is 1. The van der Waals surface area contributed by atoms with Gasteiger partial charge in [0.2, 0.25) is 5.82 Å². The van der Waals surface area contributed by atoms with Gasteiger partial charge in [0.15, 0.2) is 5.69 Å². The molecule has 1 aliphatic heterocycles. The molecule has 2 aromatic carbocycles. The summed E-state index contributed by atoms with van der Waals surface area (Å²) >= 11 is 0. The fourth-order valence-corrected chi connectivity index (χ4v) is 3.62. The molecule has 3 heterocycles. The molecule has 0 radical (unpaired) electrons. The first-order valence-electron chi connectivity index (χ1n) is 10.0. The van der Waals surface area contributed by atoms with Crippen molar-refractivity contribution in [1.82, 2.24) is 19.9 Å². The molecule has 8 heteroatoms. The number of fused-ring (bicyclic) bond motifs is 1. The van der Waals surface area contributed by atoms with Gasteiger partial charge in [-0.3, -0.25) is 4.68 Å². The fourth-order valence-electron chi connectivity index (χ4n) is 3.62. The van der Waals surface area contributed by atoms with Crippen molar-refractivity contribution in [2.24, 2.45) is 0 Å². The van der Waals surface area contributed by atoms with Gasteiger partial charge in [0.25, 0.3) is 5.89 Å². The predicted molar refractivity (Wildman–Crippen MR) is 111 cm³/mol. The molecule has 0 N–H and O–H groups in total. The van der Waals surface area contributed by atoms with Crippen LogP contribution in [0.4, 0.5) is 0 Å². The Bertz CT molecular complexity index is 1200. The number of carbonyl (C=O) groups excluding carboxylic acids is 1. The summed E-state index contributed by atoms with van der Waals surface area (Å²) in [4.78, 5) is 17.0. The van der Waals surface area contributed by atoms with Gasteiger partial charge in [-0.2, -0.15) is 10.1 Å². The van der Waals surface area contributed by atoms with E-state index in [1.807, 2.05) is 53.2 Å². The number of aryl methyl sites for hydroxylation is 1. The number of aromatic nitrogens is 4. The molecule has 0 bridgehead atoms. The van der Waals surface area contributed by atoms with Gasteiger partial charge in [-0.05, 0) is 55.3 Å². The topological polar surface area (TPSA) is 92.3 Å². The van der Waals surface area contributed by atoms with Gasteiger partial charge >= 0.3 is 5.97 Å². The largest absolute Gasteiger partial charge is 0.497 e. The van der Waals surface area contributed by atoms with Gasteiger partial charge in [-0.25, -0.2) is 4.79 Å². The maximum atomic E-state index is 12.5. The molecule has 0 saturated carbocycles. The van der Waals surface area contributed by atoms with Crippen LogP contribution in [0.15, 0.2) is 65.2 Å². The van der Waals surface area contributed by atoms with Gasteiger partial charge in [-0.1, -0.05) is 23.4 Å². The Kier molecular flexibility index (Phi) is 4.95. The number of ether oxygens (including phenoxy) is 2. The van der Waals surface area contributed by atoms with E-state index in [4.69, 9.17) is 14.0 Å². The van der Waals surface area contributed by atoms with Crippen molar-refractivity contribution in [3.63, 3.8) is 0 Å². The van der Waals surface area contributed by atoms with E-state index in [2.05, 4.69) is 15.2 Å². The summed E-state index contributed by atoms with van der Waals surface area (Å²) in [6.45, 7) is 0.744. The molecule has 0 amide bonds. The summed E-state index contributed by atoms with van der Waals surface area (Å²) in [7, 11) is 1.62. The molecule has 0 saturated heterocycles. The van der Waals surface area contributed by atoms with Crippen LogP contribution in [-0.4, -0.2) is 33.0 Å². The highest BCUT2D eigenvalue weighted by molar-refractivity contribution is 5.89. The third-order valence-electron chi connectivity index (χ3n) is 5.23. The highest BCUT2D eigenvalue weighted by Gasteiger charge is 2.28. The number of hydrogen-bond donors (Lipinski definition) is 0. The molecular formula is C23H20N4O4. The lowest BCUT2D eigenvalue weighted by molar-refractivity contribution is 0.0214. The van der Waals surface area contributed by atoms with E-state index in [9.17, 15) is 4.79 Å². The zero-order valence-electron chi connectivity index (χ0n) is 16.9. The molecule has 8 nitrogen and oxygen atoms in total. The molecule has 31 heavy (non-hydrogen) atoms. The molecule has 1 unspecified atom stereocenters. The van der Waals surface area contributed by atoms with Crippen molar-refractivity contribution in [2.45, 2.75) is 25.5 Å². The van der Waals surface area contributed by atoms with Crippen LogP contribution in [-0.2, 0) is 11.3 Å². The molecule has 156 valence electrons. The van der Waals surface area contributed by atoms with E-state index in [1.165, 1.54) is 0 Å². The summed E-state index contributed by atoms with van der Waals surface area (Å²) < 4.78 is 18.2. The molecule has 4 aromatic rings. The van der Waals surface area contributed by atoms with Crippen molar-refractivity contribution < 1.29 is 18.8 Å². The summed E-state index contributed by atoms with van der Waals surface area (Å²) in [5.74, 6) is 1.20. The Morgan fingerprint density at radius 3 is 2.71 bits per heavy atom. The van der Waals surface area contributed by atoms with Gasteiger partial charge in [0.05, 0.1) is 18.4 Å². The Morgan fingerprint density at radius 1 is 1.13 bits per heavy atom. The Balaban J connectivity index is 1.38. The standard InChI is InChI=1S/C23H20N4O4/c1-29-17-11-9-15(10-12-17)21-24-22(31-26-21)18-14-19-20(8-5-13-27(19)25-18)30-23(28)16-6-3-2-4-7-16/h2-4,6-7,9-12,14,20H,5,8,13H2,1H3. The first kappa shape index (κ1) is 19.0. The number of methoxy groups -OCH3 is 1. The number of benzene rings is 2. The smallest absolute Gasteiger partial charge is 0.338 e. The first-order chi connectivity index (χ1) is 15.2. The minimum absolute atomic E-state index is 0.320. The second kappa shape index (κ2) is 8.06. The third kappa shape index (κ3) is 3.79. The minimum atomic E-state index is -0.369. The van der Waals surface area contributed by atoms with Crippen molar-refractivity contribution in [2.75, 3.05) is 7.11 Å². The Labute approximate surface area is 178 Å². The predicted octanol–water partition coefficient (Wildman–Crippen LogP) is 4.30. The SMILES string of the molecule is COc1ccc(-c2noc(-c3cc4n(n3)CCCC4OC(=O)c3ccccc3)n2)cc1. The summed E-state index contributed by atoms with van der Waals surface area (Å²) in [5.41, 5.74) is 2.73. The van der Waals surface area contributed by atoms with E-state index in [-0.39, 0.29) is 12.1 Å². The lowest BCUT2D eigenvalue weighted by atomic mass is 10.1. The molecule has 0 spiro atoms. The second-order valence-corrected chi connectivity index (χ2v) is 7.23. The van der Waals surface area contributed by atoms with Crippen LogP contribution in [0.5, 0.6) is 5.75 Å². The van der Waals surface area contributed by atoms with Crippen LogP contribution in [0.2, 0.25) is 0 Å². The van der Waals surface area contributed by atoms with Crippen LogP contribution < -0.4 is 4.74 Å². The monoisotopic (exact) mass is 416 g/mol. The zero-order chi connectivity index (χ0) is 21.2. The number of hydrogen-bond acceptors (Lipinski definition) is 7. The third-order valence-corrected chi connectivity index (χ3v) is 5.23. The quantitative estimate of drug-likeness (QED) is 0.448. The van der Waals surface area contributed by atoms with Crippen molar-refractivity contribution >= 4 is 5.97 Å². The lowest BCUT2D eigenvalue weighted by Gasteiger charge is -2.23. The Morgan fingerprint density at radius 2 is 1.94 bits per heavy atom. The van der Waals surface area contributed by atoms with Crippen molar-refractivity contribution in [1.29, 1.82) is 0 Å². The minimum Gasteiger partial charge on any atom is -0.497 e. The van der Waals surface area contributed by atoms with E-state index in [0.717, 1.165) is 36.4 Å². The highest BCUT2D eigenvalue weighted by Crippen LogP contribution is 2.32. The maximum Gasteiger partial charge on any atom is 0.338 e. The number of carbonyl (C=O) groups is 1. The van der Waals surface area contributed by atoms with Crippen molar-refractivity contribution in [3.05, 3.63) is 71.9 Å². The van der Waals surface area contributed by atoms with E-state index < -0.39 is 0 Å². The van der Waals surface area contributed by atoms with Gasteiger partial charge < -0.3 is 14.0 Å². The van der Waals surface area contributed by atoms with Gasteiger partial charge in [0, 0.05) is 12.1 Å². The zero-order valence-corrected chi connectivity index (χ0v) is 16.9. The summed E-state index contributed by atoms with van der Waals surface area (Å²) in [5, 5.41) is 8.66. The molecule has 1 atom stereocenters. The van der Waals surface area contributed by atoms with E-state index in [1.54, 1.807) is 19.2 Å². The van der Waals surface area contributed by atoms with Crippen LogP contribution >= 0.6 is 0 Å². The molecular weight excluding hydrogens is 396 g/mol. The van der Waals surface area contributed by atoms with Crippen LogP contribution in [0.3, 0.4) is 0 Å². The molecule has 1 aliphatic rings. The maximum absolute atomic E-state index is 12.5. The van der Waals surface area contributed by atoms with E-state index >= 15 is 0 Å². The highest BCUT2D eigenvalue weighted by atomic mass is 16.5. The van der Waals surface area contributed by atoms with Crippen LogP contribution in [0.1, 0.15) is 35.0 Å². The average Bonchev–Trinajstić information content (AvgIpc) is 3.48. The lowest BCUT2D eigenvalue weighted by Crippen LogP contribution is -2.20. The van der Waals surface area contributed by atoms with Gasteiger partial charge in [-0.15, -0.1) is 0 Å². The first-order valence-corrected chi connectivity index (χ1v) is 10.0.